The molecule has 2 atom stereocenters. The van der Waals surface area contributed by atoms with Gasteiger partial charge in [-0.3, -0.25) is 9.69 Å². The molecule has 0 saturated carbocycles. The molecular weight excluding hydrogens is 312 g/mol. The van der Waals surface area contributed by atoms with Crippen LogP contribution in [0.25, 0.3) is 0 Å². The molecule has 1 amide bonds. The Bertz CT molecular complexity index is 581. The SMILES string of the molecule is CCC(O)CC(=O)NC1CCCc2cc(CN3CCCCC3)ccc21. The molecule has 2 unspecified atom stereocenters. The second-order valence-corrected chi connectivity index (χ2v) is 7.65. The summed E-state index contributed by atoms with van der Waals surface area (Å²) in [5, 5.41) is 12.8. The molecule has 0 bridgehead atoms. The number of likely N-dealkylation sites (tertiary alicyclic amines) is 1. The van der Waals surface area contributed by atoms with Gasteiger partial charge in [0, 0.05) is 6.54 Å². The molecule has 1 aromatic carbocycles. The van der Waals surface area contributed by atoms with Crippen molar-refractivity contribution in [2.24, 2.45) is 0 Å². The number of hydrogen-bond acceptors (Lipinski definition) is 3. The van der Waals surface area contributed by atoms with Crippen molar-refractivity contribution in [1.82, 2.24) is 10.2 Å². The Labute approximate surface area is 151 Å². The van der Waals surface area contributed by atoms with Gasteiger partial charge in [-0.1, -0.05) is 31.5 Å². The maximum atomic E-state index is 12.1. The van der Waals surface area contributed by atoms with E-state index < -0.39 is 6.10 Å². The van der Waals surface area contributed by atoms with Crippen LogP contribution in [0.15, 0.2) is 18.2 Å². The monoisotopic (exact) mass is 344 g/mol. The van der Waals surface area contributed by atoms with E-state index in [1.54, 1.807) is 0 Å². The standard InChI is InChI=1S/C21H32N2O2/c1-2-18(24)14-21(25)22-20-8-6-7-17-13-16(9-10-19(17)20)15-23-11-4-3-5-12-23/h9-10,13,18,20,24H,2-8,11-12,14-15H2,1H3,(H,22,25). The van der Waals surface area contributed by atoms with E-state index in [1.807, 2.05) is 6.92 Å². The number of aliphatic hydroxyl groups is 1. The summed E-state index contributed by atoms with van der Waals surface area (Å²) in [5.74, 6) is -0.0374. The molecule has 4 heteroatoms. The first-order valence-corrected chi connectivity index (χ1v) is 9.97. The van der Waals surface area contributed by atoms with Gasteiger partial charge in [0.15, 0.2) is 0 Å². The summed E-state index contributed by atoms with van der Waals surface area (Å²) in [6.45, 7) is 5.38. The molecule has 1 heterocycles. The van der Waals surface area contributed by atoms with Gasteiger partial charge in [-0.2, -0.15) is 0 Å². The maximum absolute atomic E-state index is 12.1. The third-order valence-corrected chi connectivity index (χ3v) is 5.60. The molecule has 0 radical (unpaired) electrons. The van der Waals surface area contributed by atoms with Crippen LogP contribution in [0.1, 0.15) is 74.6 Å². The first-order valence-electron chi connectivity index (χ1n) is 9.97. The van der Waals surface area contributed by atoms with E-state index in [4.69, 9.17) is 0 Å². The van der Waals surface area contributed by atoms with Crippen LogP contribution in [0.2, 0.25) is 0 Å². The lowest BCUT2D eigenvalue weighted by Crippen LogP contribution is -2.33. The highest BCUT2D eigenvalue weighted by atomic mass is 16.3. The smallest absolute Gasteiger partial charge is 0.223 e. The molecule has 25 heavy (non-hydrogen) atoms. The predicted octanol–water partition coefficient (Wildman–Crippen LogP) is 3.33. The molecule has 1 aromatic rings. The first-order chi connectivity index (χ1) is 12.2. The second-order valence-electron chi connectivity index (χ2n) is 7.65. The highest BCUT2D eigenvalue weighted by molar-refractivity contribution is 5.77. The number of aryl methyl sites for hydroxylation is 1. The molecule has 1 aliphatic heterocycles. The van der Waals surface area contributed by atoms with Crippen molar-refractivity contribution in [3.05, 3.63) is 34.9 Å². The summed E-state index contributed by atoms with van der Waals surface area (Å²) in [6.07, 6.45) is 7.51. The number of carbonyl (C=O) groups is 1. The highest BCUT2D eigenvalue weighted by Crippen LogP contribution is 2.31. The topological polar surface area (TPSA) is 52.6 Å². The van der Waals surface area contributed by atoms with Gasteiger partial charge in [-0.25, -0.2) is 0 Å². The summed E-state index contributed by atoms with van der Waals surface area (Å²) in [5.41, 5.74) is 4.06. The van der Waals surface area contributed by atoms with Gasteiger partial charge in [0.05, 0.1) is 18.6 Å². The molecule has 4 nitrogen and oxygen atoms in total. The molecule has 1 saturated heterocycles. The summed E-state index contributed by atoms with van der Waals surface area (Å²) >= 11 is 0. The highest BCUT2D eigenvalue weighted by Gasteiger charge is 2.23. The first kappa shape index (κ1) is 18.4. The van der Waals surface area contributed by atoms with Crippen LogP contribution in [0, 0.1) is 0 Å². The average Bonchev–Trinajstić information content (AvgIpc) is 2.62. The van der Waals surface area contributed by atoms with Gasteiger partial charge in [0.25, 0.3) is 0 Å². The minimum atomic E-state index is -0.532. The second kappa shape index (κ2) is 8.81. The average molecular weight is 344 g/mol. The van der Waals surface area contributed by atoms with Crippen LogP contribution < -0.4 is 5.32 Å². The van der Waals surface area contributed by atoms with Gasteiger partial charge >= 0.3 is 0 Å². The molecule has 1 aliphatic carbocycles. The molecule has 1 fully saturated rings. The van der Waals surface area contributed by atoms with E-state index in [0.29, 0.717) is 6.42 Å². The fourth-order valence-electron chi connectivity index (χ4n) is 4.10. The van der Waals surface area contributed by atoms with E-state index in [1.165, 1.54) is 49.0 Å². The predicted molar refractivity (Wildman–Crippen MR) is 100 cm³/mol. The summed E-state index contributed by atoms with van der Waals surface area (Å²) in [4.78, 5) is 14.7. The van der Waals surface area contributed by atoms with E-state index >= 15 is 0 Å². The fourth-order valence-corrected chi connectivity index (χ4v) is 4.10. The number of piperidine rings is 1. The minimum absolute atomic E-state index is 0.0374. The fraction of sp³-hybridized carbons (Fsp3) is 0.667. The molecular formula is C21H32N2O2. The van der Waals surface area contributed by atoms with Crippen molar-refractivity contribution in [1.29, 1.82) is 0 Å². The number of carbonyl (C=O) groups excluding carboxylic acids is 1. The number of amides is 1. The normalized spacial score (nSPS) is 22.2. The molecule has 138 valence electrons. The Kier molecular flexibility index (Phi) is 6.49. The summed E-state index contributed by atoms with van der Waals surface area (Å²) < 4.78 is 0. The van der Waals surface area contributed by atoms with Crippen LogP contribution in [-0.2, 0) is 17.8 Å². The summed E-state index contributed by atoms with van der Waals surface area (Å²) in [7, 11) is 0. The van der Waals surface area contributed by atoms with Gasteiger partial charge in [0.2, 0.25) is 5.91 Å². The summed E-state index contributed by atoms with van der Waals surface area (Å²) in [6, 6.07) is 6.90. The Hall–Kier alpha value is -1.39. The van der Waals surface area contributed by atoms with Gasteiger partial charge in [0.1, 0.15) is 0 Å². The van der Waals surface area contributed by atoms with Crippen LogP contribution >= 0.6 is 0 Å². The maximum Gasteiger partial charge on any atom is 0.223 e. The Balaban J connectivity index is 1.64. The molecule has 0 spiro atoms. The van der Waals surface area contributed by atoms with E-state index in [2.05, 4.69) is 28.4 Å². The van der Waals surface area contributed by atoms with Crippen LogP contribution in [-0.4, -0.2) is 35.1 Å². The van der Waals surface area contributed by atoms with Gasteiger partial charge in [-0.15, -0.1) is 0 Å². The number of aliphatic hydroxyl groups excluding tert-OH is 1. The third-order valence-electron chi connectivity index (χ3n) is 5.60. The lowest BCUT2D eigenvalue weighted by atomic mass is 9.86. The van der Waals surface area contributed by atoms with Gasteiger partial charge < -0.3 is 10.4 Å². The van der Waals surface area contributed by atoms with E-state index in [-0.39, 0.29) is 18.4 Å². The number of rotatable bonds is 6. The van der Waals surface area contributed by atoms with Crippen molar-refractivity contribution in [3.8, 4) is 0 Å². The number of benzene rings is 1. The zero-order chi connectivity index (χ0) is 17.6. The Morgan fingerprint density at radius 2 is 2.08 bits per heavy atom. The zero-order valence-electron chi connectivity index (χ0n) is 15.5. The number of nitrogens with zero attached hydrogens (tertiary/aromatic N) is 1. The lowest BCUT2D eigenvalue weighted by molar-refractivity contribution is -0.123. The van der Waals surface area contributed by atoms with Crippen LogP contribution in [0.5, 0.6) is 0 Å². The quantitative estimate of drug-likeness (QED) is 0.832. The number of fused-ring (bicyclic) bond motifs is 1. The lowest BCUT2D eigenvalue weighted by Gasteiger charge is -2.29. The number of hydrogen-bond donors (Lipinski definition) is 2. The van der Waals surface area contributed by atoms with Crippen molar-refractivity contribution in [2.75, 3.05) is 13.1 Å². The van der Waals surface area contributed by atoms with Crippen LogP contribution in [0.4, 0.5) is 0 Å². The minimum Gasteiger partial charge on any atom is -0.393 e. The van der Waals surface area contributed by atoms with Crippen molar-refractivity contribution in [2.45, 2.75) is 77.0 Å². The molecule has 3 rings (SSSR count). The Morgan fingerprint density at radius 1 is 1.28 bits per heavy atom. The largest absolute Gasteiger partial charge is 0.393 e. The molecule has 0 aromatic heterocycles. The van der Waals surface area contributed by atoms with E-state index in [0.717, 1.165) is 25.8 Å². The van der Waals surface area contributed by atoms with Crippen molar-refractivity contribution in [3.63, 3.8) is 0 Å². The van der Waals surface area contributed by atoms with Crippen molar-refractivity contribution < 1.29 is 9.90 Å². The zero-order valence-corrected chi connectivity index (χ0v) is 15.5. The Morgan fingerprint density at radius 3 is 2.84 bits per heavy atom. The molecule has 2 aliphatic rings. The number of nitrogens with one attached hydrogen (secondary N) is 1. The van der Waals surface area contributed by atoms with Gasteiger partial charge in [-0.05, 0) is 68.3 Å². The third kappa shape index (κ3) is 5.05. The van der Waals surface area contributed by atoms with Crippen LogP contribution in [0.3, 0.4) is 0 Å². The molecule has 2 N–H and O–H groups in total. The van der Waals surface area contributed by atoms with Crippen molar-refractivity contribution >= 4 is 5.91 Å². The van der Waals surface area contributed by atoms with E-state index in [9.17, 15) is 9.90 Å².